The monoisotopic (exact) mass is 426 g/mol. The second-order valence-corrected chi connectivity index (χ2v) is 8.17. The van der Waals surface area contributed by atoms with Crippen LogP contribution in [-0.4, -0.2) is 36.0 Å². The molecule has 30 heavy (non-hydrogen) atoms. The van der Waals surface area contributed by atoms with E-state index in [1.165, 1.54) is 4.90 Å². The highest BCUT2D eigenvalue weighted by Gasteiger charge is 2.39. The summed E-state index contributed by atoms with van der Waals surface area (Å²) in [6.45, 7) is 8.61. The van der Waals surface area contributed by atoms with E-state index < -0.39 is 0 Å². The van der Waals surface area contributed by atoms with Crippen molar-refractivity contribution < 1.29 is 14.3 Å². The van der Waals surface area contributed by atoms with Crippen LogP contribution in [0.2, 0.25) is 5.02 Å². The van der Waals surface area contributed by atoms with Gasteiger partial charge < -0.3 is 10.1 Å². The first-order valence-corrected chi connectivity index (χ1v) is 10.5. The van der Waals surface area contributed by atoms with Crippen LogP contribution in [0.5, 0.6) is 0 Å². The highest BCUT2D eigenvalue weighted by atomic mass is 35.5. The Kier molecular flexibility index (Phi) is 6.95. The van der Waals surface area contributed by atoms with Crippen LogP contribution in [0.4, 0.5) is 5.69 Å². The van der Waals surface area contributed by atoms with Gasteiger partial charge in [0.05, 0.1) is 11.7 Å². The number of benzene rings is 2. The van der Waals surface area contributed by atoms with Crippen molar-refractivity contribution in [3.05, 3.63) is 69.9 Å². The molecular weight excluding hydrogens is 400 g/mol. The number of aryl methyl sites for hydroxylation is 2. The zero-order valence-corrected chi connectivity index (χ0v) is 18.5. The minimum Gasteiger partial charge on any atom is -0.379 e. The largest absolute Gasteiger partial charge is 0.379 e. The van der Waals surface area contributed by atoms with Gasteiger partial charge in [0, 0.05) is 23.9 Å². The molecule has 0 radical (unpaired) electrons. The van der Waals surface area contributed by atoms with Crippen molar-refractivity contribution in [2.45, 2.75) is 40.2 Å². The van der Waals surface area contributed by atoms with E-state index in [-0.39, 0.29) is 17.9 Å². The fraction of sp³-hybridized carbons (Fsp3) is 0.333. The van der Waals surface area contributed by atoms with Crippen LogP contribution in [0.25, 0.3) is 5.57 Å². The molecule has 1 aliphatic rings. The second-order valence-electron chi connectivity index (χ2n) is 7.74. The molecule has 0 unspecified atom stereocenters. The van der Waals surface area contributed by atoms with Crippen LogP contribution in [0.1, 0.15) is 37.0 Å². The number of carbonyl (C=O) groups excluding carboxylic acids is 2. The van der Waals surface area contributed by atoms with Crippen molar-refractivity contribution in [1.29, 1.82) is 0 Å². The maximum absolute atomic E-state index is 13.2. The molecule has 2 aromatic carbocycles. The van der Waals surface area contributed by atoms with Gasteiger partial charge in [-0.25, -0.2) is 0 Å². The summed E-state index contributed by atoms with van der Waals surface area (Å²) >= 11 is 6.06. The lowest BCUT2D eigenvalue weighted by molar-refractivity contribution is -0.137. The number of nitrogens with one attached hydrogen (secondary N) is 1. The van der Waals surface area contributed by atoms with Gasteiger partial charge in [0.15, 0.2) is 0 Å². The first kappa shape index (κ1) is 22.1. The molecule has 0 aliphatic carbocycles. The minimum absolute atomic E-state index is 0.112. The van der Waals surface area contributed by atoms with E-state index >= 15 is 0 Å². The summed E-state index contributed by atoms with van der Waals surface area (Å²) in [5, 5.41) is 3.81. The quantitative estimate of drug-likeness (QED) is 0.478. The number of hydrogen-bond acceptors (Lipinski definition) is 4. The Labute approximate surface area is 182 Å². The molecule has 0 bridgehead atoms. The Morgan fingerprint density at radius 2 is 1.73 bits per heavy atom. The zero-order valence-electron chi connectivity index (χ0n) is 17.8. The molecule has 0 saturated heterocycles. The van der Waals surface area contributed by atoms with Crippen LogP contribution in [0, 0.1) is 13.8 Å². The number of ether oxygens (including phenoxy) is 1. The molecule has 0 spiro atoms. The van der Waals surface area contributed by atoms with E-state index in [1.54, 1.807) is 6.07 Å². The van der Waals surface area contributed by atoms with Crippen molar-refractivity contribution in [2.24, 2.45) is 0 Å². The number of imide groups is 1. The maximum atomic E-state index is 13.2. The van der Waals surface area contributed by atoms with Gasteiger partial charge in [-0.15, -0.1) is 0 Å². The molecule has 3 rings (SSSR count). The average molecular weight is 427 g/mol. The van der Waals surface area contributed by atoms with E-state index in [1.807, 2.05) is 64.1 Å². The van der Waals surface area contributed by atoms with Crippen LogP contribution < -0.4 is 5.32 Å². The molecule has 2 amide bonds. The standard InChI is InChI=1S/C24H27ClN2O3/c1-15(2)30-13-5-12-27-23(28)21(18-8-6-16(3)7-9-18)22(24(27)29)26-20-11-10-19(25)14-17(20)4/h6-11,14-15,26H,5,12-13H2,1-4H3. The Balaban J connectivity index is 1.92. The third-order valence-electron chi connectivity index (χ3n) is 4.93. The molecular formula is C24H27ClN2O3. The van der Waals surface area contributed by atoms with Gasteiger partial charge in [-0.2, -0.15) is 0 Å². The van der Waals surface area contributed by atoms with E-state index in [9.17, 15) is 9.59 Å². The number of halogens is 1. The van der Waals surface area contributed by atoms with Crippen LogP contribution in [0.15, 0.2) is 48.2 Å². The van der Waals surface area contributed by atoms with Crippen LogP contribution >= 0.6 is 11.6 Å². The summed E-state index contributed by atoms with van der Waals surface area (Å²) in [6, 6.07) is 13.0. The van der Waals surface area contributed by atoms with Gasteiger partial charge >= 0.3 is 0 Å². The summed E-state index contributed by atoms with van der Waals surface area (Å²) in [5.74, 6) is -0.614. The summed E-state index contributed by atoms with van der Waals surface area (Å²) in [6.07, 6.45) is 0.700. The molecule has 1 N–H and O–H groups in total. The third-order valence-corrected chi connectivity index (χ3v) is 5.17. The maximum Gasteiger partial charge on any atom is 0.278 e. The summed E-state index contributed by atoms with van der Waals surface area (Å²) in [5.41, 5.74) is 4.11. The predicted octanol–water partition coefficient (Wildman–Crippen LogP) is 4.96. The summed E-state index contributed by atoms with van der Waals surface area (Å²) in [4.78, 5) is 27.7. The molecule has 0 atom stereocenters. The van der Waals surface area contributed by atoms with E-state index in [0.717, 1.165) is 16.8 Å². The van der Waals surface area contributed by atoms with Crippen molar-refractivity contribution in [1.82, 2.24) is 4.90 Å². The predicted molar refractivity (Wildman–Crippen MR) is 120 cm³/mol. The summed E-state index contributed by atoms with van der Waals surface area (Å²) < 4.78 is 5.56. The van der Waals surface area contributed by atoms with Gasteiger partial charge in [-0.1, -0.05) is 41.4 Å². The Hall–Kier alpha value is -2.63. The third kappa shape index (κ3) is 4.91. The van der Waals surface area contributed by atoms with Gasteiger partial charge in [0.25, 0.3) is 11.8 Å². The lowest BCUT2D eigenvalue weighted by atomic mass is 10.0. The highest BCUT2D eigenvalue weighted by molar-refractivity contribution is 6.36. The first-order chi connectivity index (χ1) is 14.3. The Morgan fingerprint density at radius 1 is 1.03 bits per heavy atom. The first-order valence-electron chi connectivity index (χ1n) is 10.1. The van der Waals surface area contributed by atoms with E-state index in [0.29, 0.717) is 41.4 Å². The van der Waals surface area contributed by atoms with Gasteiger partial charge in [-0.05, 0) is 63.4 Å². The summed E-state index contributed by atoms with van der Waals surface area (Å²) in [7, 11) is 0. The molecule has 0 saturated carbocycles. The zero-order chi connectivity index (χ0) is 21.8. The van der Waals surface area contributed by atoms with Gasteiger partial charge in [-0.3, -0.25) is 14.5 Å². The van der Waals surface area contributed by atoms with E-state index in [2.05, 4.69) is 5.32 Å². The molecule has 0 aromatic heterocycles. The molecule has 5 nitrogen and oxygen atoms in total. The second kappa shape index (κ2) is 9.45. The van der Waals surface area contributed by atoms with Gasteiger partial charge in [0.2, 0.25) is 0 Å². The number of amides is 2. The van der Waals surface area contributed by atoms with Gasteiger partial charge in [0.1, 0.15) is 5.70 Å². The van der Waals surface area contributed by atoms with Crippen LogP contribution in [-0.2, 0) is 14.3 Å². The number of carbonyl (C=O) groups is 2. The lowest BCUT2D eigenvalue weighted by Crippen LogP contribution is -2.34. The van der Waals surface area contributed by atoms with E-state index in [4.69, 9.17) is 16.3 Å². The smallest absolute Gasteiger partial charge is 0.278 e. The van der Waals surface area contributed by atoms with Crippen molar-refractivity contribution >= 4 is 34.7 Å². The molecule has 6 heteroatoms. The van der Waals surface area contributed by atoms with Crippen molar-refractivity contribution in [3.63, 3.8) is 0 Å². The lowest BCUT2D eigenvalue weighted by Gasteiger charge is -2.16. The highest BCUT2D eigenvalue weighted by Crippen LogP contribution is 2.32. The molecule has 1 aliphatic heterocycles. The number of hydrogen-bond donors (Lipinski definition) is 1. The Bertz CT molecular complexity index is 980. The normalized spacial score (nSPS) is 14.3. The molecule has 1 heterocycles. The average Bonchev–Trinajstić information content (AvgIpc) is 2.92. The van der Waals surface area contributed by atoms with Crippen molar-refractivity contribution in [2.75, 3.05) is 18.5 Å². The minimum atomic E-state index is -0.325. The number of nitrogens with zero attached hydrogens (tertiary/aromatic N) is 1. The molecule has 2 aromatic rings. The number of anilines is 1. The molecule has 0 fully saturated rings. The van der Waals surface area contributed by atoms with Crippen LogP contribution in [0.3, 0.4) is 0 Å². The van der Waals surface area contributed by atoms with Crippen molar-refractivity contribution in [3.8, 4) is 0 Å². The topological polar surface area (TPSA) is 58.6 Å². The fourth-order valence-corrected chi connectivity index (χ4v) is 3.55. The fourth-order valence-electron chi connectivity index (χ4n) is 3.33. The Morgan fingerprint density at radius 3 is 2.37 bits per heavy atom. The number of rotatable bonds is 8. The molecule has 158 valence electrons. The SMILES string of the molecule is Cc1ccc(C2=C(Nc3ccc(Cl)cc3C)C(=O)N(CCCOC(C)C)C2=O)cc1.